The Balaban J connectivity index is 1.45. The number of amides is 2. The SMILES string of the molecule is [C-]#[N+]C1=C[C@]2(C)C3=CC(=O)[C@@H]4[C@@H]5CC(C)(C)CC[C@]5(NC(=O)N5CCCCC5)CC[C@@]4(C)[C@]3(C)CC[C@H]2C(C)(C)C1=O. The van der Waals surface area contributed by atoms with Gasteiger partial charge in [0.25, 0.3) is 0 Å². The quantitative estimate of drug-likeness (QED) is 0.330. The van der Waals surface area contributed by atoms with Crippen molar-refractivity contribution in [3.05, 3.63) is 34.8 Å². The molecule has 5 aliphatic carbocycles. The first-order valence-electron chi connectivity index (χ1n) is 16.5. The third-order valence-electron chi connectivity index (χ3n) is 13.8. The minimum atomic E-state index is -0.653. The number of carbonyl (C=O) groups excluding carboxylic acids is 3. The Morgan fingerprint density at radius 3 is 2.29 bits per heavy atom. The maximum absolute atomic E-state index is 14.7. The molecule has 0 aromatic carbocycles. The van der Waals surface area contributed by atoms with Gasteiger partial charge in [-0.05, 0) is 98.4 Å². The van der Waals surface area contributed by atoms with Gasteiger partial charge in [0, 0.05) is 35.4 Å². The Morgan fingerprint density at radius 1 is 0.952 bits per heavy atom. The van der Waals surface area contributed by atoms with Gasteiger partial charge >= 0.3 is 6.03 Å². The number of piperidine rings is 1. The van der Waals surface area contributed by atoms with Crippen molar-refractivity contribution < 1.29 is 14.4 Å². The molecule has 1 heterocycles. The molecule has 4 fully saturated rings. The van der Waals surface area contributed by atoms with E-state index in [0.717, 1.165) is 76.5 Å². The van der Waals surface area contributed by atoms with Crippen molar-refractivity contribution in [3.8, 4) is 0 Å². The minimum Gasteiger partial charge on any atom is -0.332 e. The summed E-state index contributed by atoms with van der Waals surface area (Å²) in [7, 11) is 0. The number of likely N-dealkylation sites (tertiary alicyclic amines) is 1. The van der Waals surface area contributed by atoms with Crippen LogP contribution in [0.5, 0.6) is 0 Å². The Morgan fingerprint density at radius 2 is 1.62 bits per heavy atom. The van der Waals surface area contributed by atoms with E-state index in [1.54, 1.807) is 0 Å². The van der Waals surface area contributed by atoms with Crippen LogP contribution in [0.15, 0.2) is 23.4 Å². The van der Waals surface area contributed by atoms with Crippen molar-refractivity contribution in [1.82, 2.24) is 10.2 Å². The van der Waals surface area contributed by atoms with E-state index in [1.807, 2.05) is 30.9 Å². The van der Waals surface area contributed by atoms with Crippen molar-refractivity contribution in [2.24, 2.45) is 44.8 Å². The fraction of sp³-hybridized carbons (Fsp3) is 0.778. The molecular weight excluding hydrogens is 522 g/mol. The number of urea groups is 1. The number of allylic oxidation sites excluding steroid dienone is 4. The molecule has 0 unspecified atom stereocenters. The van der Waals surface area contributed by atoms with E-state index in [9.17, 15) is 14.4 Å². The van der Waals surface area contributed by atoms with Crippen LogP contribution in [0.1, 0.15) is 113 Å². The van der Waals surface area contributed by atoms with Crippen molar-refractivity contribution in [3.63, 3.8) is 0 Å². The Hall–Kier alpha value is -2.42. The molecule has 2 amide bonds. The first kappa shape index (κ1) is 29.6. The molecule has 42 heavy (non-hydrogen) atoms. The number of nitrogens with zero attached hydrogens (tertiary/aromatic N) is 2. The monoisotopic (exact) mass is 573 g/mol. The lowest BCUT2D eigenvalue weighted by Gasteiger charge is -2.69. The van der Waals surface area contributed by atoms with Gasteiger partial charge in [-0.1, -0.05) is 60.1 Å². The number of fused-ring (bicyclic) bond motifs is 7. The lowest BCUT2D eigenvalue weighted by molar-refractivity contribution is -0.160. The lowest BCUT2D eigenvalue weighted by atomic mass is 9.35. The van der Waals surface area contributed by atoms with Crippen LogP contribution in [-0.2, 0) is 9.59 Å². The number of Topliss-reactive ketones (excluding diaryl/α,β-unsaturated/α-hetero) is 1. The number of nitrogens with one attached hydrogen (secondary N) is 1. The van der Waals surface area contributed by atoms with Gasteiger partial charge in [-0.3, -0.25) is 4.79 Å². The average Bonchev–Trinajstić information content (AvgIpc) is 2.93. The zero-order chi connectivity index (χ0) is 30.5. The zero-order valence-corrected chi connectivity index (χ0v) is 27.0. The highest BCUT2D eigenvalue weighted by Gasteiger charge is 2.70. The van der Waals surface area contributed by atoms with Crippen molar-refractivity contribution >= 4 is 17.6 Å². The van der Waals surface area contributed by atoms with Crippen LogP contribution < -0.4 is 5.32 Å². The van der Waals surface area contributed by atoms with Gasteiger partial charge in [-0.15, -0.1) is 0 Å². The molecule has 6 rings (SSSR count). The van der Waals surface area contributed by atoms with Gasteiger partial charge in [0.2, 0.25) is 5.70 Å². The molecule has 0 aromatic rings. The van der Waals surface area contributed by atoms with Crippen molar-refractivity contribution in [1.29, 1.82) is 0 Å². The molecule has 0 bridgehead atoms. The first-order chi connectivity index (χ1) is 19.5. The Kier molecular flexibility index (Phi) is 6.56. The average molecular weight is 574 g/mol. The fourth-order valence-electron chi connectivity index (χ4n) is 11.2. The van der Waals surface area contributed by atoms with Crippen LogP contribution in [0.4, 0.5) is 4.79 Å². The molecule has 0 radical (unpaired) electrons. The van der Waals surface area contributed by atoms with Crippen LogP contribution in [0.2, 0.25) is 0 Å². The number of rotatable bonds is 1. The molecular formula is C36H51N3O3. The van der Waals surface area contributed by atoms with E-state index < -0.39 is 10.8 Å². The van der Waals surface area contributed by atoms with Gasteiger partial charge in [-0.2, -0.15) is 0 Å². The predicted octanol–water partition coefficient (Wildman–Crippen LogP) is 7.51. The number of hydrogen-bond acceptors (Lipinski definition) is 3. The van der Waals surface area contributed by atoms with Gasteiger partial charge in [0.15, 0.2) is 11.6 Å². The summed E-state index contributed by atoms with van der Waals surface area (Å²) in [6.07, 6.45) is 13.7. The summed E-state index contributed by atoms with van der Waals surface area (Å²) < 4.78 is 0. The molecule has 0 spiro atoms. The molecule has 6 heteroatoms. The highest BCUT2D eigenvalue weighted by Crippen LogP contribution is 2.73. The summed E-state index contributed by atoms with van der Waals surface area (Å²) in [6, 6.07) is 0.0626. The largest absolute Gasteiger partial charge is 0.332 e. The maximum atomic E-state index is 14.7. The second kappa shape index (κ2) is 9.29. The lowest BCUT2D eigenvalue weighted by Crippen LogP contribution is -2.70. The summed E-state index contributed by atoms with van der Waals surface area (Å²) in [5.41, 5.74) is -0.561. The summed E-state index contributed by atoms with van der Waals surface area (Å²) in [5, 5.41) is 3.61. The van der Waals surface area contributed by atoms with Crippen LogP contribution in [-0.4, -0.2) is 41.1 Å². The normalized spacial score (nSPS) is 43.9. The summed E-state index contributed by atoms with van der Waals surface area (Å²) in [6.45, 7) is 25.0. The molecule has 1 aliphatic heterocycles. The number of ketones is 2. The molecule has 3 saturated carbocycles. The standard InChI is InChI=1S/C36H51N3O3/c1-31(2)14-16-36(38-30(42)39-18-10-9-11-19-39)17-15-35(7)28(23(36)21-31)25(40)20-27-33(5)22-24(37-8)29(41)32(3,4)26(33)12-13-34(27,35)6/h20,22-23,26,28H,9-19,21H2,1-7H3,(H,38,42)/t23-,26-,28-,33-,34+,35+,36-/m0/s1. The minimum absolute atomic E-state index is 0.0513. The van der Waals surface area contributed by atoms with E-state index in [4.69, 9.17) is 6.57 Å². The second-order valence-electron chi connectivity index (χ2n) is 16.9. The molecule has 0 aromatic heterocycles. The van der Waals surface area contributed by atoms with Crippen LogP contribution >= 0.6 is 0 Å². The summed E-state index contributed by atoms with van der Waals surface area (Å²) >= 11 is 0. The molecule has 1 saturated heterocycles. The second-order valence-corrected chi connectivity index (χ2v) is 16.9. The first-order valence-corrected chi connectivity index (χ1v) is 16.5. The topological polar surface area (TPSA) is 70.8 Å². The Bertz CT molecular complexity index is 1330. The molecule has 1 N–H and O–H groups in total. The van der Waals surface area contributed by atoms with Crippen molar-refractivity contribution in [2.75, 3.05) is 13.1 Å². The molecule has 7 atom stereocenters. The van der Waals surface area contributed by atoms with Gasteiger partial charge in [0.05, 0.1) is 6.57 Å². The van der Waals surface area contributed by atoms with E-state index in [0.29, 0.717) is 0 Å². The van der Waals surface area contributed by atoms with Crippen LogP contribution in [0.25, 0.3) is 4.85 Å². The third kappa shape index (κ3) is 3.90. The fourth-order valence-corrected chi connectivity index (χ4v) is 11.2. The summed E-state index contributed by atoms with van der Waals surface area (Å²) in [5.74, 6) is 0.101. The van der Waals surface area contributed by atoms with Gasteiger partial charge in [-0.25, -0.2) is 9.64 Å². The van der Waals surface area contributed by atoms with E-state index >= 15 is 0 Å². The maximum Gasteiger partial charge on any atom is 0.317 e. The van der Waals surface area contributed by atoms with Crippen molar-refractivity contribution in [2.45, 2.75) is 118 Å². The number of hydrogen-bond donors (Lipinski definition) is 1. The number of carbonyl (C=O) groups is 3. The Labute approximate surface area is 252 Å². The van der Waals surface area contributed by atoms with Crippen LogP contribution in [0.3, 0.4) is 0 Å². The van der Waals surface area contributed by atoms with E-state index in [-0.39, 0.29) is 62.8 Å². The smallest absolute Gasteiger partial charge is 0.317 e. The van der Waals surface area contributed by atoms with Crippen LogP contribution in [0, 0.1) is 51.4 Å². The summed E-state index contributed by atoms with van der Waals surface area (Å²) in [4.78, 5) is 47.4. The molecule has 6 aliphatic rings. The highest BCUT2D eigenvalue weighted by atomic mass is 16.2. The predicted molar refractivity (Wildman–Crippen MR) is 164 cm³/mol. The zero-order valence-electron chi connectivity index (χ0n) is 27.0. The third-order valence-corrected chi connectivity index (χ3v) is 13.8. The van der Waals surface area contributed by atoms with E-state index in [1.165, 1.54) is 6.42 Å². The van der Waals surface area contributed by atoms with Gasteiger partial charge < -0.3 is 15.0 Å². The molecule has 6 nitrogen and oxygen atoms in total. The van der Waals surface area contributed by atoms with Gasteiger partial charge in [0.1, 0.15) is 0 Å². The highest BCUT2D eigenvalue weighted by molar-refractivity contribution is 6.03. The molecule has 228 valence electrons. The van der Waals surface area contributed by atoms with E-state index in [2.05, 4.69) is 44.8 Å².